The first-order valence-electron chi connectivity index (χ1n) is 5.31. The number of carboxylic acid groups (broad SMARTS) is 2. The van der Waals surface area contributed by atoms with Gasteiger partial charge in [0.25, 0.3) is 5.69 Å². The van der Waals surface area contributed by atoms with Crippen LogP contribution in [0.3, 0.4) is 0 Å². The lowest BCUT2D eigenvalue weighted by Crippen LogP contribution is -2.38. The number of hydrogen-bond acceptors (Lipinski definition) is 5. The van der Waals surface area contributed by atoms with E-state index in [1.165, 1.54) is 24.3 Å². The van der Waals surface area contributed by atoms with Crippen LogP contribution in [-0.4, -0.2) is 33.1 Å². The zero-order valence-electron chi connectivity index (χ0n) is 9.78. The summed E-state index contributed by atoms with van der Waals surface area (Å²) in [4.78, 5) is 31.1. The highest BCUT2D eigenvalue weighted by atomic mass is 16.6. The Labute approximate surface area is 107 Å². The van der Waals surface area contributed by atoms with Gasteiger partial charge in [-0.15, -0.1) is 0 Å². The van der Waals surface area contributed by atoms with Gasteiger partial charge in [-0.05, 0) is 5.56 Å². The molecule has 8 heteroatoms. The van der Waals surface area contributed by atoms with Crippen LogP contribution >= 0.6 is 0 Å². The minimum Gasteiger partial charge on any atom is -0.481 e. The maximum Gasteiger partial charge on any atom is 0.321 e. The molecule has 0 aliphatic rings. The Bertz CT molecular complexity index is 484. The van der Waals surface area contributed by atoms with Crippen LogP contribution in [-0.2, 0) is 16.1 Å². The van der Waals surface area contributed by atoms with E-state index < -0.39 is 29.3 Å². The van der Waals surface area contributed by atoms with Crippen molar-refractivity contribution in [3.63, 3.8) is 0 Å². The molecule has 1 aromatic rings. The molecule has 8 nitrogen and oxygen atoms in total. The molecule has 3 N–H and O–H groups in total. The summed E-state index contributed by atoms with van der Waals surface area (Å²) in [7, 11) is 0. The number of nitro groups is 1. The minimum absolute atomic E-state index is 0.0657. The summed E-state index contributed by atoms with van der Waals surface area (Å²) in [6.45, 7) is 0.113. The fourth-order valence-corrected chi connectivity index (χ4v) is 1.40. The molecule has 0 aliphatic heterocycles. The number of hydrogen-bond donors (Lipinski definition) is 3. The van der Waals surface area contributed by atoms with E-state index in [1.54, 1.807) is 0 Å². The molecule has 1 aromatic carbocycles. The summed E-state index contributed by atoms with van der Waals surface area (Å²) in [6, 6.07) is 4.34. The SMILES string of the molecule is O=C(O)CC(NCc1ccc([N+](=O)[O-])cc1)C(=O)O. The zero-order valence-corrected chi connectivity index (χ0v) is 9.78. The van der Waals surface area contributed by atoms with Crippen molar-refractivity contribution in [3.05, 3.63) is 39.9 Å². The molecule has 0 saturated heterocycles. The van der Waals surface area contributed by atoms with Gasteiger partial charge in [0.2, 0.25) is 0 Å². The van der Waals surface area contributed by atoms with Crippen LogP contribution in [0, 0.1) is 10.1 Å². The molecule has 0 aliphatic carbocycles. The van der Waals surface area contributed by atoms with Gasteiger partial charge in [-0.25, -0.2) is 0 Å². The maximum atomic E-state index is 10.8. The molecule has 0 saturated carbocycles. The highest BCUT2D eigenvalue weighted by molar-refractivity contribution is 5.80. The van der Waals surface area contributed by atoms with Crippen LogP contribution in [0.5, 0.6) is 0 Å². The zero-order chi connectivity index (χ0) is 14.4. The second kappa shape index (κ2) is 6.45. The topological polar surface area (TPSA) is 130 Å². The lowest BCUT2D eigenvalue weighted by Gasteiger charge is -2.12. The van der Waals surface area contributed by atoms with Crippen LogP contribution in [0.1, 0.15) is 12.0 Å². The summed E-state index contributed by atoms with van der Waals surface area (Å²) in [5, 5.41) is 30.4. The summed E-state index contributed by atoms with van der Waals surface area (Å²) >= 11 is 0. The molecule has 0 fully saturated rings. The summed E-state index contributed by atoms with van der Waals surface area (Å²) in [5.41, 5.74) is 0.561. The molecule has 0 spiro atoms. The molecular formula is C11H12N2O6. The number of aliphatic carboxylic acids is 2. The molecule has 1 rings (SSSR count). The smallest absolute Gasteiger partial charge is 0.321 e. The number of non-ortho nitro benzene ring substituents is 1. The van der Waals surface area contributed by atoms with Gasteiger partial charge in [-0.1, -0.05) is 12.1 Å². The Balaban J connectivity index is 2.61. The predicted molar refractivity (Wildman–Crippen MR) is 63.6 cm³/mol. The van der Waals surface area contributed by atoms with Crippen LogP contribution in [0.2, 0.25) is 0 Å². The van der Waals surface area contributed by atoms with Gasteiger partial charge in [0.1, 0.15) is 6.04 Å². The van der Waals surface area contributed by atoms with Crippen LogP contribution in [0.25, 0.3) is 0 Å². The van der Waals surface area contributed by atoms with Crippen molar-refractivity contribution < 1.29 is 24.7 Å². The second-order valence-electron chi connectivity index (χ2n) is 3.79. The van der Waals surface area contributed by atoms with Crippen LogP contribution in [0.15, 0.2) is 24.3 Å². The molecule has 0 radical (unpaired) electrons. The first-order chi connectivity index (χ1) is 8.90. The molecule has 0 heterocycles. The van der Waals surface area contributed by atoms with E-state index >= 15 is 0 Å². The third kappa shape index (κ3) is 4.72. The van der Waals surface area contributed by atoms with Gasteiger partial charge in [0.15, 0.2) is 0 Å². The summed E-state index contributed by atoms with van der Waals surface area (Å²) in [5.74, 6) is -2.48. The fraction of sp³-hybridized carbons (Fsp3) is 0.273. The monoisotopic (exact) mass is 268 g/mol. The lowest BCUT2D eigenvalue weighted by molar-refractivity contribution is -0.384. The van der Waals surface area contributed by atoms with Crippen molar-refractivity contribution in [1.82, 2.24) is 5.32 Å². The Kier molecular flexibility index (Phi) is 4.95. The van der Waals surface area contributed by atoms with Crippen molar-refractivity contribution in [2.24, 2.45) is 0 Å². The van der Waals surface area contributed by atoms with E-state index in [0.29, 0.717) is 5.56 Å². The van der Waals surface area contributed by atoms with Crippen LogP contribution < -0.4 is 5.32 Å². The van der Waals surface area contributed by atoms with Gasteiger partial charge < -0.3 is 10.2 Å². The summed E-state index contributed by atoms with van der Waals surface area (Å²) < 4.78 is 0. The van der Waals surface area contributed by atoms with Gasteiger partial charge in [-0.2, -0.15) is 0 Å². The highest BCUT2D eigenvalue weighted by Crippen LogP contribution is 2.11. The quantitative estimate of drug-likeness (QED) is 0.488. The van der Waals surface area contributed by atoms with Crippen molar-refractivity contribution in [2.45, 2.75) is 19.0 Å². The van der Waals surface area contributed by atoms with Crippen molar-refractivity contribution in [1.29, 1.82) is 0 Å². The number of carboxylic acids is 2. The van der Waals surface area contributed by atoms with E-state index in [1.807, 2.05) is 0 Å². The van der Waals surface area contributed by atoms with Crippen molar-refractivity contribution in [2.75, 3.05) is 0 Å². The molecule has 1 atom stereocenters. The molecule has 0 aromatic heterocycles. The first-order valence-corrected chi connectivity index (χ1v) is 5.31. The van der Waals surface area contributed by atoms with E-state index in [0.717, 1.165) is 0 Å². The van der Waals surface area contributed by atoms with Crippen molar-refractivity contribution >= 4 is 17.6 Å². The maximum absolute atomic E-state index is 10.8. The third-order valence-corrected chi connectivity index (χ3v) is 2.38. The third-order valence-electron chi connectivity index (χ3n) is 2.38. The Morgan fingerprint density at radius 2 is 1.84 bits per heavy atom. The molecule has 19 heavy (non-hydrogen) atoms. The van der Waals surface area contributed by atoms with Crippen molar-refractivity contribution in [3.8, 4) is 0 Å². The minimum atomic E-state index is -1.26. The highest BCUT2D eigenvalue weighted by Gasteiger charge is 2.20. The van der Waals surface area contributed by atoms with E-state index in [4.69, 9.17) is 10.2 Å². The Morgan fingerprint density at radius 3 is 2.26 bits per heavy atom. The van der Waals surface area contributed by atoms with Gasteiger partial charge in [0.05, 0.1) is 11.3 Å². The molecule has 0 amide bonds. The number of rotatable bonds is 7. The Hall–Kier alpha value is -2.48. The second-order valence-corrected chi connectivity index (χ2v) is 3.79. The van der Waals surface area contributed by atoms with Gasteiger partial charge in [0, 0.05) is 18.7 Å². The molecule has 1 unspecified atom stereocenters. The van der Waals surface area contributed by atoms with Crippen LogP contribution in [0.4, 0.5) is 5.69 Å². The number of carbonyl (C=O) groups is 2. The molecule has 102 valence electrons. The standard InChI is InChI=1S/C11H12N2O6/c14-10(15)5-9(11(16)17)12-6-7-1-3-8(4-2-7)13(18)19/h1-4,9,12H,5-6H2,(H,14,15)(H,16,17). The van der Waals surface area contributed by atoms with Gasteiger partial charge >= 0.3 is 11.9 Å². The average Bonchev–Trinajstić information content (AvgIpc) is 2.34. The number of nitrogens with zero attached hydrogens (tertiary/aromatic N) is 1. The van der Waals surface area contributed by atoms with E-state index in [2.05, 4.69) is 5.32 Å². The lowest BCUT2D eigenvalue weighted by atomic mass is 10.1. The first kappa shape index (κ1) is 14.6. The normalized spacial score (nSPS) is 11.8. The number of nitro benzene ring substituents is 1. The predicted octanol–water partition coefficient (Wildman–Crippen LogP) is 0.612. The molecule has 0 bridgehead atoms. The fourth-order valence-electron chi connectivity index (χ4n) is 1.40. The largest absolute Gasteiger partial charge is 0.481 e. The number of nitrogens with one attached hydrogen (secondary N) is 1. The molecular weight excluding hydrogens is 256 g/mol. The Morgan fingerprint density at radius 1 is 1.26 bits per heavy atom. The number of benzene rings is 1. The van der Waals surface area contributed by atoms with Gasteiger partial charge in [-0.3, -0.25) is 25.0 Å². The summed E-state index contributed by atoms with van der Waals surface area (Å²) in [6.07, 6.45) is -0.539. The van der Waals surface area contributed by atoms with E-state index in [9.17, 15) is 19.7 Å². The van der Waals surface area contributed by atoms with E-state index in [-0.39, 0.29) is 12.2 Å². The average molecular weight is 268 g/mol.